The van der Waals surface area contributed by atoms with E-state index in [0.29, 0.717) is 0 Å². The molecular weight excluding hydrogens is 599 g/mol. The number of ketones is 4. The van der Waals surface area contributed by atoms with Gasteiger partial charge in [0.25, 0.3) is 0 Å². The van der Waals surface area contributed by atoms with E-state index < -0.39 is 77.0 Å². The number of rotatable bonds is 10. The van der Waals surface area contributed by atoms with Crippen molar-refractivity contribution in [2.45, 2.75) is 88.8 Å². The molecule has 0 aromatic rings. The third kappa shape index (κ3) is 7.21. The molecule has 0 aromatic heterocycles. The van der Waals surface area contributed by atoms with Crippen molar-refractivity contribution in [3.63, 3.8) is 0 Å². The fourth-order valence-corrected chi connectivity index (χ4v) is 7.61. The van der Waals surface area contributed by atoms with Crippen molar-refractivity contribution in [2.75, 3.05) is 0 Å². The predicted octanol–water partition coefficient (Wildman–Crippen LogP) is 1.17. The van der Waals surface area contributed by atoms with Crippen LogP contribution in [0, 0.1) is 21.7 Å². The fraction of sp³-hybridized carbons (Fsp3) is 0.818. The van der Waals surface area contributed by atoms with E-state index in [1.165, 1.54) is 27.7 Å². The van der Waals surface area contributed by atoms with Gasteiger partial charge in [0.05, 0.1) is 0 Å². The molecule has 0 fully saturated rings. The molecular formula is C22H38O8Pb. The van der Waals surface area contributed by atoms with Crippen LogP contribution in [0.5, 0.6) is 0 Å². The maximum atomic E-state index is 12.7. The SMILES string of the molecule is CC(C)(C)C(=O)CC(=O)C(C)(C)[C](O)(O)[Pb][C](O)(O)C(C)(C)C(=O)CC(=O)C(C)(C)C. The van der Waals surface area contributed by atoms with Crippen LogP contribution >= 0.6 is 0 Å². The summed E-state index contributed by atoms with van der Waals surface area (Å²) in [6, 6.07) is 0. The number of carbonyl (C=O) groups excluding carboxylic acids is 4. The number of hydrogen-bond acceptors (Lipinski definition) is 8. The molecule has 9 heteroatoms. The van der Waals surface area contributed by atoms with Gasteiger partial charge in [-0.1, -0.05) is 0 Å². The number of carbonyl (C=O) groups is 4. The van der Waals surface area contributed by atoms with Crippen LogP contribution in [0.2, 0.25) is 0 Å². The molecule has 8 nitrogen and oxygen atoms in total. The minimum absolute atomic E-state index is 0.384. The van der Waals surface area contributed by atoms with E-state index >= 15 is 0 Å². The molecule has 0 bridgehead atoms. The van der Waals surface area contributed by atoms with Crippen LogP contribution in [-0.2, 0) is 19.2 Å². The Bertz CT molecular complexity index is 672. The zero-order valence-corrected chi connectivity index (χ0v) is 24.2. The average molecular weight is 638 g/mol. The van der Waals surface area contributed by atoms with E-state index in [2.05, 4.69) is 0 Å². The Hall–Kier alpha value is -0.558. The zero-order chi connectivity index (χ0) is 25.4. The third-order valence-corrected chi connectivity index (χ3v) is 13.4. The molecule has 0 amide bonds. The normalized spacial score (nSPS) is 14.4. The molecule has 0 aliphatic rings. The van der Waals surface area contributed by atoms with Gasteiger partial charge in [0.2, 0.25) is 0 Å². The second kappa shape index (κ2) is 9.36. The Balaban J connectivity index is 5.74. The summed E-state index contributed by atoms with van der Waals surface area (Å²) in [6.07, 6.45) is -1.07. The molecule has 178 valence electrons. The van der Waals surface area contributed by atoms with E-state index in [-0.39, 0.29) is 11.6 Å². The quantitative estimate of drug-likeness (QED) is 0.159. The Morgan fingerprint density at radius 2 is 0.742 bits per heavy atom. The van der Waals surface area contributed by atoms with Crippen LogP contribution in [-0.4, -0.2) is 74.5 Å². The van der Waals surface area contributed by atoms with Crippen molar-refractivity contribution in [3.05, 3.63) is 0 Å². The molecule has 0 aliphatic carbocycles. The first kappa shape index (κ1) is 30.4. The zero-order valence-electron chi connectivity index (χ0n) is 20.3. The van der Waals surface area contributed by atoms with Gasteiger partial charge in [0.1, 0.15) is 0 Å². The first-order valence-electron chi connectivity index (χ1n) is 10.1. The van der Waals surface area contributed by atoms with Crippen molar-refractivity contribution in [3.8, 4) is 0 Å². The standard InChI is InChI=1S/2C11H19O4.Pb/c2*1-10(2,3)7(12)6-8(13)11(4,5)9(14)15;/h2*14-15H,6H2,1-5H3;. The van der Waals surface area contributed by atoms with Crippen LogP contribution in [0.3, 0.4) is 0 Å². The summed E-state index contributed by atoms with van der Waals surface area (Å²) in [6.45, 7) is 14.7. The molecule has 0 saturated carbocycles. The third-order valence-electron chi connectivity index (χ3n) is 5.80. The second-order valence-corrected chi connectivity index (χ2v) is 17.7. The van der Waals surface area contributed by atoms with Gasteiger partial charge in [-0.2, -0.15) is 0 Å². The monoisotopic (exact) mass is 638 g/mol. The number of Topliss-reactive ketones (excluding diaryl/α,β-unsaturated/α-hetero) is 4. The summed E-state index contributed by atoms with van der Waals surface area (Å²) in [5.41, 5.74) is -5.33. The fourth-order valence-electron chi connectivity index (χ4n) is 2.21. The van der Waals surface area contributed by atoms with Gasteiger partial charge in [0, 0.05) is 0 Å². The Morgan fingerprint density at radius 1 is 0.516 bits per heavy atom. The summed E-state index contributed by atoms with van der Waals surface area (Å²) >= 11 is -3.46. The van der Waals surface area contributed by atoms with E-state index in [4.69, 9.17) is 0 Å². The minimum atomic E-state index is -3.46. The van der Waals surface area contributed by atoms with E-state index in [1.54, 1.807) is 41.5 Å². The van der Waals surface area contributed by atoms with Crippen molar-refractivity contribution in [2.24, 2.45) is 21.7 Å². The van der Waals surface area contributed by atoms with Gasteiger partial charge in [-0.3, -0.25) is 0 Å². The number of aliphatic hydroxyl groups is 4. The Labute approximate surface area is 197 Å². The van der Waals surface area contributed by atoms with E-state index in [0.717, 1.165) is 0 Å². The van der Waals surface area contributed by atoms with Crippen LogP contribution in [0.25, 0.3) is 0 Å². The molecule has 2 radical (unpaired) electrons. The first-order valence-corrected chi connectivity index (χ1v) is 14.0. The summed E-state index contributed by atoms with van der Waals surface area (Å²) in [7, 11) is 0. The van der Waals surface area contributed by atoms with Crippen molar-refractivity contribution in [1.82, 2.24) is 0 Å². The topological polar surface area (TPSA) is 149 Å². The van der Waals surface area contributed by atoms with Crippen molar-refractivity contribution >= 4 is 47.4 Å². The Kier molecular flexibility index (Phi) is 9.19. The van der Waals surface area contributed by atoms with Gasteiger partial charge in [-0.15, -0.1) is 0 Å². The van der Waals surface area contributed by atoms with Gasteiger partial charge in [-0.05, 0) is 0 Å². The summed E-state index contributed by atoms with van der Waals surface area (Å²) in [4.78, 5) is 49.9. The Morgan fingerprint density at radius 3 is 0.935 bits per heavy atom. The molecule has 0 aliphatic heterocycles. The number of hydrogen-bond donors (Lipinski definition) is 4. The molecule has 0 rings (SSSR count). The molecule has 4 N–H and O–H groups in total. The van der Waals surface area contributed by atoms with Crippen LogP contribution in [0.4, 0.5) is 0 Å². The molecule has 0 heterocycles. The molecule has 0 atom stereocenters. The second-order valence-electron chi connectivity index (χ2n) is 11.3. The maximum absolute atomic E-state index is 12.7. The summed E-state index contributed by atoms with van der Waals surface area (Å²) in [5.74, 6) is -2.25. The molecule has 0 aromatic carbocycles. The van der Waals surface area contributed by atoms with Crippen LogP contribution in [0.1, 0.15) is 82.1 Å². The summed E-state index contributed by atoms with van der Waals surface area (Å²) in [5, 5.41) is 42.9. The van der Waals surface area contributed by atoms with Crippen LogP contribution in [0.15, 0.2) is 0 Å². The van der Waals surface area contributed by atoms with Crippen molar-refractivity contribution < 1.29 is 39.6 Å². The van der Waals surface area contributed by atoms with Gasteiger partial charge < -0.3 is 0 Å². The summed E-state index contributed by atoms with van der Waals surface area (Å²) < 4.78 is -5.53. The van der Waals surface area contributed by atoms with E-state index in [9.17, 15) is 39.6 Å². The van der Waals surface area contributed by atoms with Crippen LogP contribution < -0.4 is 0 Å². The predicted molar refractivity (Wildman–Crippen MR) is 116 cm³/mol. The van der Waals surface area contributed by atoms with Crippen molar-refractivity contribution in [1.29, 1.82) is 0 Å². The molecule has 0 saturated heterocycles. The molecule has 0 unspecified atom stereocenters. The first-order chi connectivity index (χ1) is 13.3. The van der Waals surface area contributed by atoms with Gasteiger partial charge >= 0.3 is 197 Å². The molecule has 31 heavy (non-hydrogen) atoms. The molecule has 0 spiro atoms. The average Bonchev–Trinajstić information content (AvgIpc) is 2.51. The van der Waals surface area contributed by atoms with E-state index in [1.807, 2.05) is 0 Å². The van der Waals surface area contributed by atoms with Gasteiger partial charge in [-0.25, -0.2) is 0 Å². The van der Waals surface area contributed by atoms with Gasteiger partial charge in [0.15, 0.2) is 0 Å².